The molecule has 184 valence electrons. The summed E-state index contributed by atoms with van der Waals surface area (Å²) < 4.78 is 41.0. The van der Waals surface area contributed by atoms with E-state index in [1.54, 1.807) is 6.07 Å². The predicted molar refractivity (Wildman–Crippen MR) is 119 cm³/mol. The van der Waals surface area contributed by atoms with Crippen molar-refractivity contribution >= 4 is 17.8 Å². The number of anilines is 1. The number of carboxylic acid groups (broad SMARTS) is 1. The Hall–Kier alpha value is -3.54. The molecule has 2 N–H and O–H groups in total. The van der Waals surface area contributed by atoms with Crippen LogP contribution in [0.3, 0.4) is 0 Å². The first-order chi connectivity index (χ1) is 16.1. The summed E-state index contributed by atoms with van der Waals surface area (Å²) >= 11 is 0. The number of nitrogens with zero attached hydrogens (tertiary/aromatic N) is 4. The van der Waals surface area contributed by atoms with Crippen LogP contribution in [0.25, 0.3) is 11.3 Å². The zero-order chi connectivity index (χ0) is 24.7. The SMILES string of the molecule is CNC(=O)CN(CCN1CCN(c2cccc(-c3ccc(OC(F)(F)F)cc3)n2)CC1)C(=O)O. The molecule has 0 aliphatic carbocycles. The summed E-state index contributed by atoms with van der Waals surface area (Å²) in [6.45, 7) is 3.29. The van der Waals surface area contributed by atoms with E-state index < -0.39 is 12.5 Å². The van der Waals surface area contributed by atoms with Crippen LogP contribution < -0.4 is 15.0 Å². The second-order valence-electron chi connectivity index (χ2n) is 7.66. The number of hydrogen-bond donors (Lipinski definition) is 2. The van der Waals surface area contributed by atoms with E-state index in [1.807, 2.05) is 12.1 Å². The van der Waals surface area contributed by atoms with Crippen molar-refractivity contribution in [2.75, 3.05) is 57.8 Å². The Kier molecular flexibility index (Phi) is 8.16. The molecule has 0 spiro atoms. The van der Waals surface area contributed by atoms with Crippen LogP contribution in [0.4, 0.5) is 23.8 Å². The van der Waals surface area contributed by atoms with E-state index in [9.17, 15) is 27.9 Å². The van der Waals surface area contributed by atoms with E-state index in [-0.39, 0.29) is 24.7 Å². The normalized spacial score (nSPS) is 14.5. The average molecular weight is 481 g/mol. The first kappa shape index (κ1) is 25.1. The molecule has 2 heterocycles. The number of carbonyl (C=O) groups is 2. The third-order valence-corrected chi connectivity index (χ3v) is 5.38. The van der Waals surface area contributed by atoms with Gasteiger partial charge in [-0.15, -0.1) is 13.2 Å². The maximum absolute atomic E-state index is 12.4. The molecule has 1 aliphatic rings. The molecule has 2 aromatic rings. The van der Waals surface area contributed by atoms with E-state index in [4.69, 9.17) is 0 Å². The Bertz CT molecular complexity index is 979. The lowest BCUT2D eigenvalue weighted by Crippen LogP contribution is -2.50. The highest BCUT2D eigenvalue weighted by Gasteiger charge is 2.31. The minimum Gasteiger partial charge on any atom is -0.465 e. The van der Waals surface area contributed by atoms with E-state index in [1.165, 1.54) is 31.3 Å². The fourth-order valence-corrected chi connectivity index (χ4v) is 3.54. The number of nitrogens with one attached hydrogen (secondary N) is 1. The molecule has 12 heteroatoms. The zero-order valence-electron chi connectivity index (χ0n) is 18.6. The number of rotatable bonds is 8. The van der Waals surface area contributed by atoms with E-state index >= 15 is 0 Å². The molecule has 1 saturated heterocycles. The molecule has 1 fully saturated rings. The molecule has 1 aliphatic heterocycles. The van der Waals surface area contributed by atoms with Crippen molar-refractivity contribution in [2.45, 2.75) is 6.36 Å². The molecule has 0 unspecified atom stereocenters. The molecule has 0 atom stereocenters. The summed E-state index contributed by atoms with van der Waals surface area (Å²) in [5.74, 6) is 0.0977. The summed E-state index contributed by atoms with van der Waals surface area (Å²) in [4.78, 5) is 32.8. The molecule has 2 amide bonds. The molecule has 1 aromatic heterocycles. The van der Waals surface area contributed by atoms with Gasteiger partial charge in [-0.1, -0.05) is 6.07 Å². The van der Waals surface area contributed by atoms with Crippen molar-refractivity contribution in [3.05, 3.63) is 42.5 Å². The monoisotopic (exact) mass is 481 g/mol. The average Bonchev–Trinajstić information content (AvgIpc) is 2.81. The van der Waals surface area contributed by atoms with E-state index in [0.29, 0.717) is 44.0 Å². The number of carbonyl (C=O) groups excluding carboxylic acids is 1. The minimum atomic E-state index is -4.74. The van der Waals surface area contributed by atoms with Gasteiger partial charge in [0.2, 0.25) is 5.91 Å². The number of ether oxygens (including phenoxy) is 1. The Morgan fingerprint density at radius 3 is 2.38 bits per heavy atom. The quantitative estimate of drug-likeness (QED) is 0.598. The van der Waals surface area contributed by atoms with Gasteiger partial charge in [-0.3, -0.25) is 14.6 Å². The Morgan fingerprint density at radius 2 is 1.79 bits per heavy atom. The van der Waals surface area contributed by atoms with E-state index in [2.05, 4.69) is 24.8 Å². The molecule has 0 bridgehead atoms. The third-order valence-electron chi connectivity index (χ3n) is 5.38. The van der Waals surface area contributed by atoms with Gasteiger partial charge in [-0.25, -0.2) is 9.78 Å². The second-order valence-corrected chi connectivity index (χ2v) is 7.66. The first-order valence-corrected chi connectivity index (χ1v) is 10.6. The minimum absolute atomic E-state index is 0.203. The number of hydrogen-bond acceptors (Lipinski definition) is 6. The third kappa shape index (κ3) is 7.24. The Morgan fingerprint density at radius 1 is 1.12 bits per heavy atom. The molecular weight excluding hydrogens is 455 g/mol. The number of piperazine rings is 1. The summed E-state index contributed by atoms with van der Waals surface area (Å²) in [5.41, 5.74) is 1.30. The number of pyridine rings is 1. The highest BCUT2D eigenvalue weighted by molar-refractivity contribution is 5.81. The predicted octanol–water partition coefficient (Wildman–Crippen LogP) is 2.50. The van der Waals surface area contributed by atoms with Crippen LogP contribution in [0.15, 0.2) is 42.5 Å². The second kappa shape index (κ2) is 11.1. The summed E-state index contributed by atoms with van der Waals surface area (Å²) in [5, 5.41) is 11.7. The van der Waals surface area contributed by atoms with Gasteiger partial charge >= 0.3 is 12.5 Å². The van der Waals surface area contributed by atoms with Gasteiger partial charge in [0, 0.05) is 51.9 Å². The van der Waals surface area contributed by atoms with Crippen LogP contribution in [0.1, 0.15) is 0 Å². The molecule has 34 heavy (non-hydrogen) atoms. The standard InChI is InChI=1S/C22H26F3N5O4/c1-26-20(31)15-30(21(32)33)14-11-28-9-12-29(13-10-28)19-4-2-3-18(27-19)16-5-7-17(8-6-16)34-22(23,24)25/h2-8H,9-15H2,1H3,(H,26,31)(H,32,33). The number of aromatic nitrogens is 1. The van der Waals surface area contributed by atoms with Crippen molar-refractivity contribution in [1.29, 1.82) is 0 Å². The number of halogens is 3. The van der Waals surface area contributed by atoms with Crippen molar-refractivity contribution in [3.8, 4) is 17.0 Å². The molecule has 1 aromatic carbocycles. The molecule has 0 radical (unpaired) electrons. The van der Waals surface area contributed by atoms with E-state index in [0.717, 1.165) is 10.7 Å². The Balaban J connectivity index is 1.55. The summed E-state index contributed by atoms with van der Waals surface area (Å²) in [6, 6.07) is 11.0. The van der Waals surface area contributed by atoms with Gasteiger partial charge in [0.05, 0.1) is 5.69 Å². The van der Waals surface area contributed by atoms with Crippen LogP contribution in [0, 0.1) is 0 Å². The zero-order valence-corrected chi connectivity index (χ0v) is 18.6. The van der Waals surface area contributed by atoms with Crippen LogP contribution in [0.5, 0.6) is 5.75 Å². The van der Waals surface area contributed by atoms with Crippen molar-refractivity contribution in [3.63, 3.8) is 0 Å². The highest BCUT2D eigenvalue weighted by Crippen LogP contribution is 2.27. The van der Waals surface area contributed by atoms with Crippen molar-refractivity contribution in [2.24, 2.45) is 0 Å². The first-order valence-electron chi connectivity index (χ1n) is 10.6. The summed E-state index contributed by atoms with van der Waals surface area (Å²) in [6.07, 6.45) is -5.88. The molecule has 0 saturated carbocycles. The van der Waals surface area contributed by atoms with Gasteiger partial charge in [-0.05, 0) is 36.4 Å². The molecule has 9 nitrogen and oxygen atoms in total. The van der Waals surface area contributed by atoms with Crippen LogP contribution in [0.2, 0.25) is 0 Å². The Labute approximate surface area is 194 Å². The number of alkyl halides is 3. The molecular formula is C22H26F3N5O4. The van der Waals surface area contributed by atoms with Crippen LogP contribution in [-0.4, -0.2) is 91.1 Å². The number of likely N-dealkylation sites (N-methyl/N-ethyl adjacent to an activating group) is 1. The van der Waals surface area contributed by atoms with Gasteiger partial charge in [0.15, 0.2) is 0 Å². The van der Waals surface area contributed by atoms with Crippen molar-refractivity contribution < 1.29 is 32.6 Å². The maximum atomic E-state index is 12.4. The highest BCUT2D eigenvalue weighted by atomic mass is 19.4. The lowest BCUT2D eigenvalue weighted by Gasteiger charge is -2.36. The number of benzene rings is 1. The lowest BCUT2D eigenvalue weighted by molar-refractivity contribution is -0.274. The lowest BCUT2D eigenvalue weighted by atomic mass is 10.1. The maximum Gasteiger partial charge on any atom is 0.573 e. The van der Waals surface area contributed by atoms with Crippen LogP contribution >= 0.6 is 0 Å². The van der Waals surface area contributed by atoms with Crippen LogP contribution in [-0.2, 0) is 4.79 Å². The fourth-order valence-electron chi connectivity index (χ4n) is 3.54. The van der Waals surface area contributed by atoms with Gasteiger partial charge < -0.3 is 20.1 Å². The van der Waals surface area contributed by atoms with Gasteiger partial charge in [0.1, 0.15) is 18.1 Å². The summed E-state index contributed by atoms with van der Waals surface area (Å²) in [7, 11) is 1.46. The largest absolute Gasteiger partial charge is 0.573 e. The number of amides is 2. The van der Waals surface area contributed by atoms with Crippen molar-refractivity contribution in [1.82, 2.24) is 20.1 Å². The van der Waals surface area contributed by atoms with Gasteiger partial charge in [-0.2, -0.15) is 0 Å². The smallest absolute Gasteiger partial charge is 0.465 e. The molecule has 3 rings (SSSR count). The fraction of sp³-hybridized carbons (Fsp3) is 0.409. The van der Waals surface area contributed by atoms with Gasteiger partial charge in [0.25, 0.3) is 0 Å². The topological polar surface area (TPSA) is 98.2 Å².